The fraction of sp³-hybridized carbons (Fsp3) is 0.250. The molecule has 4 rings (SSSR count). The van der Waals surface area contributed by atoms with Gasteiger partial charge in [-0.05, 0) is 77.2 Å². The zero-order valence-electron chi connectivity index (χ0n) is 14.2. The molecule has 0 unspecified atom stereocenters. The van der Waals surface area contributed by atoms with E-state index in [0.717, 1.165) is 50.8 Å². The van der Waals surface area contributed by atoms with E-state index in [-0.39, 0.29) is 5.91 Å². The van der Waals surface area contributed by atoms with E-state index in [9.17, 15) is 4.79 Å². The standard InChI is InChI=1S/C20H19BrN2O2/c1-12-3-5-18(16(21)9-12)23-19(24)20(7-8-20)15-11-22-17-6-4-13(25-2)10-14(15)17/h3-6,9-11,22H,7-8H2,1-2H3,(H,23,24). The minimum atomic E-state index is -0.463. The largest absolute Gasteiger partial charge is 0.497 e. The molecule has 1 aliphatic rings. The third-order valence-corrected chi connectivity index (χ3v) is 5.62. The predicted molar refractivity (Wildman–Crippen MR) is 103 cm³/mol. The van der Waals surface area contributed by atoms with Crippen LogP contribution in [-0.2, 0) is 10.2 Å². The Kier molecular flexibility index (Phi) is 3.84. The molecule has 1 aromatic heterocycles. The van der Waals surface area contributed by atoms with E-state index < -0.39 is 5.41 Å². The maximum atomic E-state index is 13.1. The average molecular weight is 399 g/mol. The molecule has 0 atom stereocenters. The van der Waals surface area contributed by atoms with Gasteiger partial charge in [-0.25, -0.2) is 0 Å². The summed E-state index contributed by atoms with van der Waals surface area (Å²) >= 11 is 3.53. The summed E-state index contributed by atoms with van der Waals surface area (Å²) in [6, 6.07) is 11.8. The molecule has 1 saturated carbocycles. The molecule has 1 aliphatic carbocycles. The van der Waals surface area contributed by atoms with Gasteiger partial charge in [0.2, 0.25) is 5.91 Å². The molecular weight excluding hydrogens is 380 g/mol. The molecular formula is C20H19BrN2O2. The van der Waals surface area contributed by atoms with Crippen LogP contribution in [0.4, 0.5) is 5.69 Å². The lowest BCUT2D eigenvalue weighted by Crippen LogP contribution is -2.27. The summed E-state index contributed by atoms with van der Waals surface area (Å²) in [5.74, 6) is 0.839. The molecule has 1 amide bonds. The summed E-state index contributed by atoms with van der Waals surface area (Å²) in [4.78, 5) is 16.3. The van der Waals surface area contributed by atoms with Gasteiger partial charge in [0.15, 0.2) is 0 Å². The number of aryl methyl sites for hydroxylation is 1. The van der Waals surface area contributed by atoms with E-state index in [1.165, 1.54) is 0 Å². The zero-order valence-corrected chi connectivity index (χ0v) is 15.7. The molecule has 0 spiro atoms. The van der Waals surface area contributed by atoms with Gasteiger partial charge in [-0.1, -0.05) is 6.07 Å². The van der Waals surface area contributed by atoms with Crippen molar-refractivity contribution in [1.82, 2.24) is 4.98 Å². The normalized spacial score (nSPS) is 15.2. The van der Waals surface area contributed by atoms with E-state index >= 15 is 0 Å². The molecule has 2 aromatic carbocycles. The smallest absolute Gasteiger partial charge is 0.235 e. The number of methoxy groups -OCH3 is 1. The molecule has 5 heteroatoms. The Bertz CT molecular complexity index is 973. The molecule has 3 aromatic rings. The first-order chi connectivity index (χ1) is 12.0. The first-order valence-electron chi connectivity index (χ1n) is 8.27. The Balaban J connectivity index is 1.69. The number of rotatable bonds is 4. The number of aromatic amines is 1. The Labute approximate surface area is 154 Å². The van der Waals surface area contributed by atoms with Gasteiger partial charge in [0.05, 0.1) is 18.2 Å². The summed E-state index contributed by atoms with van der Waals surface area (Å²) < 4.78 is 6.24. The number of hydrogen-bond acceptors (Lipinski definition) is 2. The highest BCUT2D eigenvalue weighted by Gasteiger charge is 2.52. The van der Waals surface area contributed by atoms with Crippen LogP contribution in [0.25, 0.3) is 10.9 Å². The van der Waals surface area contributed by atoms with Crippen LogP contribution in [0.3, 0.4) is 0 Å². The van der Waals surface area contributed by atoms with Gasteiger partial charge < -0.3 is 15.0 Å². The number of nitrogens with one attached hydrogen (secondary N) is 2. The molecule has 1 heterocycles. The molecule has 2 N–H and O–H groups in total. The predicted octanol–water partition coefficient (Wildman–Crippen LogP) is 4.92. The Hall–Kier alpha value is -2.27. The van der Waals surface area contributed by atoms with E-state index in [0.29, 0.717) is 0 Å². The van der Waals surface area contributed by atoms with Crippen molar-refractivity contribution in [2.24, 2.45) is 0 Å². The number of carbonyl (C=O) groups is 1. The van der Waals surface area contributed by atoms with Gasteiger partial charge in [-0.15, -0.1) is 0 Å². The van der Waals surface area contributed by atoms with Crippen molar-refractivity contribution in [3.63, 3.8) is 0 Å². The summed E-state index contributed by atoms with van der Waals surface area (Å²) in [6.07, 6.45) is 3.67. The number of carbonyl (C=O) groups excluding carboxylic acids is 1. The van der Waals surface area contributed by atoms with Gasteiger partial charge in [0, 0.05) is 21.6 Å². The van der Waals surface area contributed by atoms with Gasteiger partial charge in [-0.3, -0.25) is 4.79 Å². The third-order valence-electron chi connectivity index (χ3n) is 4.96. The quantitative estimate of drug-likeness (QED) is 0.655. The van der Waals surface area contributed by atoms with Gasteiger partial charge in [0.1, 0.15) is 5.75 Å². The molecule has 4 nitrogen and oxygen atoms in total. The van der Waals surface area contributed by atoms with Crippen molar-refractivity contribution in [1.29, 1.82) is 0 Å². The van der Waals surface area contributed by atoms with Gasteiger partial charge in [-0.2, -0.15) is 0 Å². The highest BCUT2D eigenvalue weighted by molar-refractivity contribution is 9.10. The maximum absolute atomic E-state index is 13.1. The van der Waals surface area contributed by atoms with Crippen molar-refractivity contribution in [3.05, 3.63) is 58.2 Å². The molecule has 0 radical (unpaired) electrons. The van der Waals surface area contributed by atoms with Gasteiger partial charge in [0.25, 0.3) is 0 Å². The number of anilines is 1. The molecule has 0 bridgehead atoms. The topological polar surface area (TPSA) is 54.1 Å². The van der Waals surface area contributed by atoms with Gasteiger partial charge >= 0.3 is 0 Å². The third kappa shape index (κ3) is 2.72. The molecule has 128 valence electrons. The summed E-state index contributed by atoms with van der Waals surface area (Å²) in [6.45, 7) is 2.03. The molecule has 0 saturated heterocycles. The van der Waals surface area contributed by atoms with Crippen LogP contribution in [-0.4, -0.2) is 18.0 Å². The second-order valence-corrected chi connectivity index (χ2v) is 7.49. The number of aromatic nitrogens is 1. The SMILES string of the molecule is COc1ccc2[nH]cc(C3(C(=O)Nc4ccc(C)cc4Br)CC3)c2c1. The van der Waals surface area contributed by atoms with Crippen LogP contribution in [0, 0.1) is 6.92 Å². The number of benzene rings is 2. The second-order valence-electron chi connectivity index (χ2n) is 6.63. The summed E-state index contributed by atoms with van der Waals surface area (Å²) in [5, 5.41) is 4.14. The average Bonchev–Trinajstić information content (AvgIpc) is 3.30. The molecule has 0 aliphatic heterocycles. The highest BCUT2D eigenvalue weighted by atomic mass is 79.9. The van der Waals surface area contributed by atoms with E-state index in [4.69, 9.17) is 4.74 Å². The number of ether oxygens (including phenoxy) is 1. The Morgan fingerprint density at radius 2 is 2.04 bits per heavy atom. The number of amides is 1. The minimum Gasteiger partial charge on any atom is -0.497 e. The van der Waals surface area contributed by atoms with Crippen LogP contribution in [0.15, 0.2) is 47.1 Å². The first kappa shape index (κ1) is 16.2. The summed E-state index contributed by atoms with van der Waals surface area (Å²) in [7, 11) is 1.65. The van der Waals surface area contributed by atoms with Crippen LogP contribution in [0.1, 0.15) is 24.0 Å². The van der Waals surface area contributed by atoms with Crippen molar-refractivity contribution < 1.29 is 9.53 Å². The van der Waals surface area contributed by atoms with Crippen molar-refractivity contribution in [2.75, 3.05) is 12.4 Å². The van der Waals surface area contributed by atoms with Crippen LogP contribution in [0.5, 0.6) is 5.75 Å². The van der Waals surface area contributed by atoms with Crippen molar-refractivity contribution >= 4 is 38.4 Å². The van der Waals surface area contributed by atoms with Crippen LogP contribution >= 0.6 is 15.9 Å². The number of hydrogen-bond donors (Lipinski definition) is 2. The number of fused-ring (bicyclic) bond motifs is 1. The fourth-order valence-corrected chi connectivity index (χ4v) is 3.92. The van der Waals surface area contributed by atoms with Crippen LogP contribution in [0.2, 0.25) is 0 Å². The second kappa shape index (κ2) is 5.92. The van der Waals surface area contributed by atoms with E-state index in [2.05, 4.69) is 26.2 Å². The lowest BCUT2D eigenvalue weighted by molar-refractivity contribution is -0.118. The molecule has 1 fully saturated rings. The summed E-state index contributed by atoms with van der Waals surface area (Å²) in [5.41, 5.74) is 3.55. The van der Waals surface area contributed by atoms with E-state index in [1.54, 1.807) is 7.11 Å². The maximum Gasteiger partial charge on any atom is 0.235 e. The lowest BCUT2D eigenvalue weighted by atomic mass is 9.94. The first-order valence-corrected chi connectivity index (χ1v) is 9.06. The Morgan fingerprint density at radius 1 is 1.24 bits per heavy atom. The fourth-order valence-electron chi connectivity index (χ4n) is 3.33. The number of halogens is 1. The monoisotopic (exact) mass is 398 g/mol. The van der Waals surface area contributed by atoms with E-state index in [1.807, 2.05) is 49.5 Å². The minimum absolute atomic E-state index is 0.0424. The molecule has 25 heavy (non-hydrogen) atoms. The number of H-pyrrole nitrogens is 1. The van der Waals surface area contributed by atoms with Crippen molar-refractivity contribution in [2.45, 2.75) is 25.2 Å². The van der Waals surface area contributed by atoms with Crippen LogP contribution < -0.4 is 10.1 Å². The highest BCUT2D eigenvalue weighted by Crippen LogP contribution is 2.51. The zero-order chi connectivity index (χ0) is 17.6. The lowest BCUT2D eigenvalue weighted by Gasteiger charge is -2.16. The Morgan fingerprint density at radius 3 is 2.72 bits per heavy atom. The van der Waals surface area contributed by atoms with Crippen molar-refractivity contribution in [3.8, 4) is 5.75 Å².